The summed E-state index contributed by atoms with van der Waals surface area (Å²) in [7, 11) is 1.89. The first-order chi connectivity index (χ1) is 8.95. The van der Waals surface area contributed by atoms with Gasteiger partial charge in [-0.25, -0.2) is 14.3 Å². The third-order valence-electron chi connectivity index (χ3n) is 3.31. The molecule has 0 saturated carbocycles. The molecule has 0 radical (unpaired) electrons. The standard InChI is InChI=1S/C12H19N7/c1-12(2,3)11-14-10(18(4)16-11)9-7-19(17-15-9)8-5-13-6-8/h7-8,13H,5-6H2,1-4H3. The highest BCUT2D eigenvalue weighted by atomic mass is 15.5. The van der Waals surface area contributed by atoms with E-state index in [2.05, 4.69) is 46.5 Å². The van der Waals surface area contributed by atoms with Gasteiger partial charge in [0.05, 0.1) is 12.2 Å². The number of nitrogens with zero attached hydrogens (tertiary/aromatic N) is 6. The highest BCUT2D eigenvalue weighted by Crippen LogP contribution is 2.22. The van der Waals surface area contributed by atoms with Crippen LogP contribution in [-0.2, 0) is 12.5 Å². The minimum atomic E-state index is -0.0656. The largest absolute Gasteiger partial charge is 0.312 e. The molecule has 7 nitrogen and oxygen atoms in total. The Balaban J connectivity index is 1.93. The van der Waals surface area contributed by atoms with Crippen LogP contribution in [0.5, 0.6) is 0 Å². The zero-order chi connectivity index (χ0) is 13.6. The lowest BCUT2D eigenvalue weighted by Crippen LogP contribution is -2.43. The Hall–Kier alpha value is -1.76. The molecule has 1 N–H and O–H groups in total. The SMILES string of the molecule is Cn1nc(C(C)(C)C)nc1-c1cn(C2CNC2)nn1. The summed E-state index contributed by atoms with van der Waals surface area (Å²) < 4.78 is 3.67. The van der Waals surface area contributed by atoms with Crippen molar-refractivity contribution in [3.63, 3.8) is 0 Å². The quantitative estimate of drug-likeness (QED) is 0.853. The smallest absolute Gasteiger partial charge is 0.180 e. The van der Waals surface area contributed by atoms with Crippen molar-refractivity contribution in [3.05, 3.63) is 12.0 Å². The van der Waals surface area contributed by atoms with Gasteiger partial charge >= 0.3 is 0 Å². The fraction of sp³-hybridized carbons (Fsp3) is 0.667. The molecular formula is C12H19N7. The van der Waals surface area contributed by atoms with Gasteiger partial charge in [0, 0.05) is 25.6 Å². The maximum Gasteiger partial charge on any atom is 0.180 e. The van der Waals surface area contributed by atoms with Crippen LogP contribution in [0.3, 0.4) is 0 Å². The van der Waals surface area contributed by atoms with E-state index in [-0.39, 0.29) is 5.41 Å². The van der Waals surface area contributed by atoms with Crippen LogP contribution in [-0.4, -0.2) is 42.8 Å². The van der Waals surface area contributed by atoms with Crippen molar-refractivity contribution in [1.82, 2.24) is 35.1 Å². The minimum Gasteiger partial charge on any atom is -0.312 e. The average molecular weight is 261 g/mol. The molecule has 2 aromatic heterocycles. The van der Waals surface area contributed by atoms with Crippen LogP contribution in [0.2, 0.25) is 0 Å². The highest BCUT2D eigenvalue weighted by Gasteiger charge is 2.24. The molecule has 0 aliphatic carbocycles. The van der Waals surface area contributed by atoms with Crippen LogP contribution >= 0.6 is 0 Å². The number of aryl methyl sites for hydroxylation is 1. The first-order valence-electron chi connectivity index (χ1n) is 6.49. The van der Waals surface area contributed by atoms with E-state index >= 15 is 0 Å². The van der Waals surface area contributed by atoms with Crippen LogP contribution in [0.4, 0.5) is 0 Å². The number of aromatic nitrogens is 6. The van der Waals surface area contributed by atoms with Crippen molar-refractivity contribution in [2.75, 3.05) is 13.1 Å². The van der Waals surface area contributed by atoms with Gasteiger partial charge in [0.2, 0.25) is 0 Å². The van der Waals surface area contributed by atoms with Gasteiger partial charge in [-0.05, 0) is 0 Å². The number of hydrogen-bond acceptors (Lipinski definition) is 5. The Morgan fingerprint density at radius 3 is 2.58 bits per heavy atom. The van der Waals surface area contributed by atoms with E-state index in [9.17, 15) is 0 Å². The number of nitrogens with one attached hydrogen (secondary N) is 1. The summed E-state index contributed by atoms with van der Waals surface area (Å²) in [5.74, 6) is 1.59. The Morgan fingerprint density at radius 1 is 1.32 bits per heavy atom. The fourth-order valence-electron chi connectivity index (χ4n) is 1.94. The second-order valence-corrected chi connectivity index (χ2v) is 6.03. The van der Waals surface area contributed by atoms with E-state index in [4.69, 9.17) is 0 Å². The summed E-state index contributed by atoms with van der Waals surface area (Å²) in [5.41, 5.74) is 0.710. The van der Waals surface area contributed by atoms with Crippen molar-refractivity contribution in [2.24, 2.45) is 7.05 Å². The van der Waals surface area contributed by atoms with Crippen LogP contribution in [0.1, 0.15) is 32.6 Å². The maximum atomic E-state index is 4.59. The molecule has 1 saturated heterocycles. The van der Waals surface area contributed by atoms with Gasteiger partial charge in [-0.2, -0.15) is 5.10 Å². The highest BCUT2D eigenvalue weighted by molar-refractivity contribution is 5.47. The summed E-state index contributed by atoms with van der Waals surface area (Å²) in [6, 6.07) is 0.413. The van der Waals surface area contributed by atoms with Gasteiger partial charge in [0.15, 0.2) is 11.6 Å². The molecule has 19 heavy (non-hydrogen) atoms. The number of rotatable bonds is 2. The van der Waals surface area contributed by atoms with Gasteiger partial charge in [-0.1, -0.05) is 26.0 Å². The first kappa shape index (κ1) is 12.3. The second kappa shape index (κ2) is 4.12. The van der Waals surface area contributed by atoms with E-state index in [0.29, 0.717) is 6.04 Å². The first-order valence-corrected chi connectivity index (χ1v) is 6.49. The van der Waals surface area contributed by atoms with Crippen molar-refractivity contribution in [1.29, 1.82) is 0 Å². The van der Waals surface area contributed by atoms with Crippen LogP contribution in [0.15, 0.2) is 6.20 Å². The predicted molar refractivity (Wildman–Crippen MR) is 70.6 cm³/mol. The third-order valence-corrected chi connectivity index (χ3v) is 3.31. The number of hydrogen-bond donors (Lipinski definition) is 1. The predicted octanol–water partition coefficient (Wildman–Crippen LogP) is 0.515. The van der Waals surface area contributed by atoms with E-state index < -0.39 is 0 Å². The molecule has 0 atom stereocenters. The summed E-state index contributed by atoms with van der Waals surface area (Å²) in [6.45, 7) is 8.21. The molecule has 0 bridgehead atoms. The lowest BCUT2D eigenvalue weighted by Gasteiger charge is -2.26. The zero-order valence-corrected chi connectivity index (χ0v) is 11.8. The second-order valence-electron chi connectivity index (χ2n) is 6.03. The Morgan fingerprint density at radius 2 is 2.05 bits per heavy atom. The van der Waals surface area contributed by atoms with Crippen molar-refractivity contribution in [2.45, 2.75) is 32.2 Å². The van der Waals surface area contributed by atoms with Gasteiger partial charge in [0.1, 0.15) is 5.69 Å². The lowest BCUT2D eigenvalue weighted by atomic mass is 9.96. The topological polar surface area (TPSA) is 73.5 Å². The monoisotopic (exact) mass is 261 g/mol. The molecule has 3 rings (SSSR count). The van der Waals surface area contributed by atoms with Crippen LogP contribution in [0.25, 0.3) is 11.5 Å². The lowest BCUT2D eigenvalue weighted by molar-refractivity contribution is 0.313. The molecule has 102 valence electrons. The van der Waals surface area contributed by atoms with E-state index in [1.54, 1.807) is 4.68 Å². The molecule has 0 spiro atoms. The molecule has 3 heterocycles. The Bertz CT molecular complexity index is 585. The van der Waals surface area contributed by atoms with Crippen LogP contribution < -0.4 is 5.32 Å². The zero-order valence-electron chi connectivity index (χ0n) is 11.8. The molecule has 1 aliphatic rings. The van der Waals surface area contributed by atoms with E-state index in [1.807, 2.05) is 17.9 Å². The normalized spacial score (nSPS) is 16.6. The third kappa shape index (κ3) is 2.14. The molecule has 0 aromatic carbocycles. The Kier molecular flexibility index (Phi) is 2.67. The van der Waals surface area contributed by atoms with E-state index in [1.165, 1.54) is 0 Å². The minimum absolute atomic E-state index is 0.0656. The summed E-state index contributed by atoms with van der Waals surface area (Å²) in [5, 5.41) is 16.1. The van der Waals surface area contributed by atoms with Crippen molar-refractivity contribution < 1.29 is 0 Å². The Labute approximate surface area is 112 Å². The van der Waals surface area contributed by atoms with Crippen LogP contribution in [0, 0.1) is 0 Å². The molecule has 1 fully saturated rings. The molecule has 7 heteroatoms. The molecule has 2 aromatic rings. The average Bonchev–Trinajstić information content (AvgIpc) is 2.81. The van der Waals surface area contributed by atoms with Gasteiger partial charge in [-0.15, -0.1) is 5.10 Å². The molecule has 1 aliphatic heterocycles. The fourth-order valence-corrected chi connectivity index (χ4v) is 1.94. The summed E-state index contributed by atoms with van der Waals surface area (Å²) in [4.78, 5) is 4.59. The van der Waals surface area contributed by atoms with Gasteiger partial charge < -0.3 is 5.32 Å². The molecule has 0 unspecified atom stereocenters. The van der Waals surface area contributed by atoms with Crippen molar-refractivity contribution >= 4 is 0 Å². The van der Waals surface area contributed by atoms with Gasteiger partial charge in [0.25, 0.3) is 0 Å². The maximum absolute atomic E-state index is 4.59. The summed E-state index contributed by atoms with van der Waals surface area (Å²) >= 11 is 0. The summed E-state index contributed by atoms with van der Waals surface area (Å²) in [6.07, 6.45) is 1.95. The van der Waals surface area contributed by atoms with E-state index in [0.717, 1.165) is 30.4 Å². The van der Waals surface area contributed by atoms with Crippen molar-refractivity contribution in [3.8, 4) is 11.5 Å². The molecule has 0 amide bonds. The molecular weight excluding hydrogens is 242 g/mol. The van der Waals surface area contributed by atoms with Gasteiger partial charge in [-0.3, -0.25) is 0 Å².